The van der Waals surface area contributed by atoms with E-state index in [-0.39, 0.29) is 0 Å². The molecule has 2 heterocycles. The van der Waals surface area contributed by atoms with E-state index in [0.717, 1.165) is 15.9 Å². The largest absolute Gasteiger partial charge is 0.507 e. The molecular formula is C18H21OS+. The van der Waals surface area contributed by atoms with E-state index in [0.29, 0.717) is 16.6 Å². The molecule has 4 rings (SSSR count). The molecule has 20 heavy (non-hydrogen) atoms. The maximum absolute atomic E-state index is 10.1. The first-order valence-corrected chi connectivity index (χ1v) is 9.12. The first-order valence-electron chi connectivity index (χ1n) is 7.77. The van der Waals surface area contributed by atoms with Gasteiger partial charge in [-0.05, 0) is 56.7 Å². The molecular weight excluding hydrogens is 264 g/mol. The minimum absolute atomic E-state index is 0.402. The van der Waals surface area contributed by atoms with Crippen LogP contribution in [0.25, 0.3) is 10.8 Å². The number of fused-ring (bicyclic) bond motifs is 3. The van der Waals surface area contributed by atoms with E-state index in [1.165, 1.54) is 48.8 Å². The molecule has 0 aromatic heterocycles. The van der Waals surface area contributed by atoms with Crippen LogP contribution in [0.15, 0.2) is 41.3 Å². The second-order valence-electron chi connectivity index (χ2n) is 6.11. The van der Waals surface area contributed by atoms with Crippen LogP contribution in [0, 0.1) is 0 Å². The molecule has 0 radical (unpaired) electrons. The Morgan fingerprint density at radius 1 is 0.800 bits per heavy atom. The number of hydrogen-bond donors (Lipinski definition) is 1. The van der Waals surface area contributed by atoms with Crippen LogP contribution in [-0.2, 0) is 10.9 Å². The van der Waals surface area contributed by atoms with Crippen molar-refractivity contribution in [1.29, 1.82) is 0 Å². The summed E-state index contributed by atoms with van der Waals surface area (Å²) in [6.07, 6.45) is 8.50. The molecule has 0 atom stereocenters. The predicted molar refractivity (Wildman–Crippen MR) is 86.5 cm³/mol. The smallest absolute Gasteiger partial charge is 0.163 e. The molecule has 2 aromatic carbocycles. The fraction of sp³-hybridized carbons (Fsp3) is 0.444. The minimum atomic E-state index is 0.402. The Bertz CT molecular complexity index is 614. The van der Waals surface area contributed by atoms with Crippen LogP contribution < -0.4 is 0 Å². The van der Waals surface area contributed by atoms with Crippen LogP contribution in [0.5, 0.6) is 5.75 Å². The normalized spacial score (nSPS) is 29.5. The monoisotopic (exact) mass is 285 g/mol. The second-order valence-corrected chi connectivity index (χ2v) is 8.62. The van der Waals surface area contributed by atoms with E-state index < -0.39 is 0 Å². The van der Waals surface area contributed by atoms with Gasteiger partial charge in [0.2, 0.25) is 0 Å². The quantitative estimate of drug-likeness (QED) is 0.758. The van der Waals surface area contributed by atoms with Gasteiger partial charge < -0.3 is 5.11 Å². The van der Waals surface area contributed by atoms with Gasteiger partial charge in [0.1, 0.15) is 16.2 Å². The molecule has 0 unspecified atom stereocenters. The summed E-state index contributed by atoms with van der Waals surface area (Å²) in [5, 5.41) is 14.2. The van der Waals surface area contributed by atoms with Crippen LogP contribution in [0.2, 0.25) is 0 Å². The highest BCUT2D eigenvalue weighted by molar-refractivity contribution is 7.98. The Hall–Kier alpha value is -1.15. The summed E-state index contributed by atoms with van der Waals surface area (Å²) in [7, 11) is 0.402. The Morgan fingerprint density at radius 3 is 2.05 bits per heavy atom. The average molecular weight is 285 g/mol. The molecule has 0 amide bonds. The Balaban J connectivity index is 1.87. The van der Waals surface area contributed by atoms with E-state index in [4.69, 9.17) is 0 Å². The Labute approximate surface area is 123 Å². The predicted octanol–water partition coefficient (Wildman–Crippen LogP) is 4.63. The van der Waals surface area contributed by atoms with Crippen molar-refractivity contribution < 1.29 is 5.11 Å². The van der Waals surface area contributed by atoms with Gasteiger partial charge in [0.15, 0.2) is 4.90 Å². The Morgan fingerprint density at radius 2 is 1.40 bits per heavy atom. The summed E-state index contributed by atoms with van der Waals surface area (Å²) < 4.78 is 0. The maximum Gasteiger partial charge on any atom is 0.163 e. The van der Waals surface area contributed by atoms with Gasteiger partial charge in [0, 0.05) is 21.7 Å². The fourth-order valence-electron chi connectivity index (χ4n) is 4.04. The molecule has 2 heteroatoms. The van der Waals surface area contributed by atoms with Crippen LogP contribution in [0.4, 0.5) is 0 Å². The number of benzene rings is 2. The lowest BCUT2D eigenvalue weighted by molar-refractivity contribution is 0.479. The molecule has 2 bridgehead atoms. The molecule has 2 aliphatic rings. The van der Waals surface area contributed by atoms with Gasteiger partial charge >= 0.3 is 0 Å². The molecule has 0 spiro atoms. The summed E-state index contributed by atoms with van der Waals surface area (Å²) >= 11 is 0. The van der Waals surface area contributed by atoms with Crippen LogP contribution in [0.3, 0.4) is 0 Å². The summed E-state index contributed by atoms with van der Waals surface area (Å²) in [4.78, 5) is 1.52. The topological polar surface area (TPSA) is 20.2 Å². The highest BCUT2D eigenvalue weighted by Gasteiger charge is 2.46. The lowest BCUT2D eigenvalue weighted by atomic mass is 9.99. The number of rotatable bonds is 1. The fourth-order valence-corrected chi connectivity index (χ4v) is 7.64. The van der Waals surface area contributed by atoms with Crippen molar-refractivity contribution in [3.05, 3.63) is 36.4 Å². The molecule has 2 saturated heterocycles. The lowest BCUT2D eigenvalue weighted by Gasteiger charge is -2.34. The highest BCUT2D eigenvalue weighted by Crippen LogP contribution is 2.44. The van der Waals surface area contributed by atoms with Crippen molar-refractivity contribution in [3.8, 4) is 5.75 Å². The first kappa shape index (κ1) is 12.6. The van der Waals surface area contributed by atoms with Gasteiger partial charge in [-0.2, -0.15) is 0 Å². The molecule has 2 fully saturated rings. The van der Waals surface area contributed by atoms with Crippen molar-refractivity contribution in [1.82, 2.24) is 0 Å². The van der Waals surface area contributed by atoms with Crippen molar-refractivity contribution in [3.63, 3.8) is 0 Å². The van der Waals surface area contributed by atoms with E-state index in [1.807, 2.05) is 12.1 Å². The minimum Gasteiger partial charge on any atom is -0.507 e. The molecule has 0 aliphatic carbocycles. The van der Waals surface area contributed by atoms with E-state index in [9.17, 15) is 5.11 Å². The Kier molecular flexibility index (Phi) is 3.14. The van der Waals surface area contributed by atoms with Crippen molar-refractivity contribution >= 4 is 21.7 Å². The first-order chi connectivity index (χ1) is 9.84. The maximum atomic E-state index is 10.1. The summed E-state index contributed by atoms with van der Waals surface area (Å²) in [6.45, 7) is 0. The molecule has 1 nitrogen and oxygen atoms in total. The van der Waals surface area contributed by atoms with Gasteiger partial charge in [-0.1, -0.05) is 18.2 Å². The third-order valence-electron chi connectivity index (χ3n) is 4.94. The average Bonchev–Trinajstić information content (AvgIpc) is 2.47. The zero-order valence-electron chi connectivity index (χ0n) is 11.7. The molecule has 104 valence electrons. The standard InChI is InChI=1S/C18H20OS/c19-17-11-12-18(16-10-2-1-9-15(16)17)20-13-5-3-6-14(20)8-4-7-13/h1-2,9-14H,3-8H2/p+1. The van der Waals surface area contributed by atoms with E-state index in [1.54, 1.807) is 0 Å². The number of phenols is 1. The molecule has 0 saturated carbocycles. The second kappa shape index (κ2) is 5.00. The van der Waals surface area contributed by atoms with Gasteiger partial charge in [-0.25, -0.2) is 0 Å². The number of phenolic OH excluding ortho intramolecular Hbond substituents is 1. The van der Waals surface area contributed by atoms with Crippen LogP contribution in [0.1, 0.15) is 38.5 Å². The van der Waals surface area contributed by atoms with Gasteiger partial charge in [0.05, 0.1) is 0 Å². The summed E-state index contributed by atoms with van der Waals surface area (Å²) in [6, 6.07) is 12.5. The lowest BCUT2D eigenvalue weighted by Crippen LogP contribution is -2.40. The van der Waals surface area contributed by atoms with Crippen LogP contribution in [-0.4, -0.2) is 15.6 Å². The van der Waals surface area contributed by atoms with Gasteiger partial charge in [-0.15, -0.1) is 0 Å². The van der Waals surface area contributed by atoms with Crippen molar-refractivity contribution in [2.24, 2.45) is 0 Å². The third-order valence-corrected chi connectivity index (χ3v) is 8.18. The number of aromatic hydroxyl groups is 1. The van der Waals surface area contributed by atoms with E-state index in [2.05, 4.69) is 24.3 Å². The van der Waals surface area contributed by atoms with Gasteiger partial charge in [0.25, 0.3) is 0 Å². The third kappa shape index (κ3) is 1.93. The SMILES string of the molecule is Oc1ccc([S+]2C3CCCC2CCC3)c2ccccc12. The summed E-state index contributed by atoms with van der Waals surface area (Å²) in [5.41, 5.74) is 0. The number of hydrogen-bond acceptors (Lipinski definition) is 1. The molecule has 2 aromatic rings. The van der Waals surface area contributed by atoms with E-state index >= 15 is 0 Å². The summed E-state index contributed by atoms with van der Waals surface area (Å²) in [5.74, 6) is 0.426. The zero-order chi connectivity index (χ0) is 13.5. The molecule has 1 N–H and O–H groups in total. The zero-order valence-corrected chi connectivity index (χ0v) is 12.5. The van der Waals surface area contributed by atoms with Crippen molar-refractivity contribution in [2.75, 3.05) is 0 Å². The highest BCUT2D eigenvalue weighted by atomic mass is 32.2. The van der Waals surface area contributed by atoms with Crippen molar-refractivity contribution in [2.45, 2.75) is 53.9 Å². The van der Waals surface area contributed by atoms with Crippen LogP contribution >= 0.6 is 0 Å². The van der Waals surface area contributed by atoms with Gasteiger partial charge in [-0.3, -0.25) is 0 Å². The molecule has 2 aliphatic heterocycles.